The molecule has 1 heterocycles. The average Bonchev–Trinajstić information content (AvgIpc) is 2.47. The van der Waals surface area contributed by atoms with E-state index in [-0.39, 0.29) is 10.6 Å². The highest BCUT2D eigenvalue weighted by atomic mass is 127. The van der Waals surface area contributed by atoms with Gasteiger partial charge in [0.15, 0.2) is 0 Å². The summed E-state index contributed by atoms with van der Waals surface area (Å²) in [7, 11) is 0. The van der Waals surface area contributed by atoms with Crippen molar-refractivity contribution in [1.82, 2.24) is 0 Å². The SMILES string of the molecule is O=[N+]([O-])c1cc(Br)cc2c1CN=C2I. The van der Waals surface area contributed by atoms with E-state index in [1.807, 2.05) is 6.07 Å². The molecule has 0 radical (unpaired) electrons. The van der Waals surface area contributed by atoms with Crippen molar-refractivity contribution in [3.05, 3.63) is 37.8 Å². The molecule has 1 aromatic rings. The highest BCUT2D eigenvalue weighted by Crippen LogP contribution is 2.33. The lowest BCUT2D eigenvalue weighted by molar-refractivity contribution is -0.385. The Hall–Kier alpha value is -0.500. The number of benzene rings is 1. The summed E-state index contributed by atoms with van der Waals surface area (Å²) >= 11 is 5.34. The van der Waals surface area contributed by atoms with Crippen LogP contribution < -0.4 is 0 Å². The van der Waals surface area contributed by atoms with Gasteiger partial charge in [-0.25, -0.2) is 0 Å². The first-order chi connectivity index (χ1) is 6.59. The molecule has 0 aromatic heterocycles. The molecule has 1 aliphatic rings. The summed E-state index contributed by atoms with van der Waals surface area (Å²) in [5.41, 5.74) is 1.72. The third-order valence-electron chi connectivity index (χ3n) is 1.99. The smallest absolute Gasteiger partial charge is 0.273 e. The molecule has 0 aliphatic carbocycles. The van der Waals surface area contributed by atoms with Crippen LogP contribution in [0.3, 0.4) is 0 Å². The van der Waals surface area contributed by atoms with Crippen molar-refractivity contribution in [1.29, 1.82) is 0 Å². The van der Waals surface area contributed by atoms with Crippen LogP contribution in [0.5, 0.6) is 0 Å². The number of halogens is 2. The molecule has 2 rings (SSSR count). The van der Waals surface area contributed by atoms with Gasteiger partial charge >= 0.3 is 0 Å². The van der Waals surface area contributed by atoms with Crippen molar-refractivity contribution in [3.63, 3.8) is 0 Å². The Morgan fingerprint density at radius 3 is 2.93 bits per heavy atom. The van der Waals surface area contributed by atoms with Crippen LogP contribution in [0.1, 0.15) is 11.1 Å². The third kappa shape index (κ3) is 1.56. The first-order valence-corrected chi connectivity index (χ1v) is 5.64. The summed E-state index contributed by atoms with van der Waals surface area (Å²) in [6, 6.07) is 3.38. The van der Waals surface area contributed by atoms with E-state index in [0.717, 1.165) is 9.28 Å². The Morgan fingerprint density at radius 2 is 2.29 bits per heavy atom. The van der Waals surface area contributed by atoms with Crippen molar-refractivity contribution in [2.75, 3.05) is 0 Å². The molecular formula is C8H4BrIN2O2. The second-order valence-electron chi connectivity index (χ2n) is 2.82. The molecule has 0 amide bonds. The van der Waals surface area contributed by atoms with Crippen LogP contribution in [0.4, 0.5) is 5.69 Å². The first-order valence-electron chi connectivity index (χ1n) is 3.76. The van der Waals surface area contributed by atoms with Crippen LogP contribution in [0.15, 0.2) is 21.6 Å². The van der Waals surface area contributed by atoms with Crippen LogP contribution in [0, 0.1) is 10.1 Å². The molecule has 14 heavy (non-hydrogen) atoms. The molecule has 0 unspecified atom stereocenters. The minimum absolute atomic E-state index is 0.143. The van der Waals surface area contributed by atoms with Crippen LogP contribution in [-0.2, 0) is 6.54 Å². The van der Waals surface area contributed by atoms with Gasteiger partial charge in [0.25, 0.3) is 5.69 Å². The normalized spacial score (nSPS) is 13.7. The van der Waals surface area contributed by atoms with Gasteiger partial charge in [0, 0.05) is 16.1 Å². The molecule has 0 bridgehead atoms. The Balaban J connectivity index is 2.67. The molecule has 0 N–H and O–H groups in total. The molecule has 6 heteroatoms. The Morgan fingerprint density at radius 1 is 1.57 bits per heavy atom. The number of fused-ring (bicyclic) bond motifs is 1. The number of nitro groups is 1. The summed E-state index contributed by atoms with van der Waals surface area (Å²) in [5.74, 6) is 0. The topological polar surface area (TPSA) is 55.5 Å². The lowest BCUT2D eigenvalue weighted by Gasteiger charge is -2.01. The van der Waals surface area contributed by atoms with Crippen molar-refractivity contribution in [2.24, 2.45) is 4.99 Å². The number of rotatable bonds is 1. The quantitative estimate of drug-likeness (QED) is 0.435. The summed E-state index contributed by atoms with van der Waals surface area (Å²) in [6.45, 7) is 0.414. The molecule has 0 atom stereocenters. The largest absolute Gasteiger partial charge is 0.276 e. The van der Waals surface area contributed by atoms with Crippen LogP contribution >= 0.6 is 38.5 Å². The molecule has 0 saturated carbocycles. The number of hydrogen-bond acceptors (Lipinski definition) is 3. The molecule has 72 valence electrons. The van der Waals surface area contributed by atoms with Crippen LogP contribution in [0.25, 0.3) is 0 Å². The minimum Gasteiger partial charge on any atom is -0.273 e. The Bertz CT molecular complexity index is 459. The van der Waals surface area contributed by atoms with Gasteiger partial charge in [-0.1, -0.05) is 15.9 Å². The van der Waals surface area contributed by atoms with Gasteiger partial charge in [0.05, 0.1) is 17.0 Å². The van der Waals surface area contributed by atoms with Crippen molar-refractivity contribution < 1.29 is 4.92 Å². The molecule has 1 aromatic carbocycles. The first kappa shape index (κ1) is 10.0. The minimum atomic E-state index is -0.367. The number of hydrogen-bond donors (Lipinski definition) is 0. The molecule has 0 saturated heterocycles. The van der Waals surface area contributed by atoms with E-state index in [1.54, 1.807) is 0 Å². The van der Waals surface area contributed by atoms with Gasteiger partial charge in [-0.2, -0.15) is 0 Å². The van der Waals surface area contributed by atoms with E-state index in [9.17, 15) is 10.1 Å². The fraction of sp³-hybridized carbons (Fsp3) is 0.125. The molecule has 0 fully saturated rings. The van der Waals surface area contributed by atoms with Gasteiger partial charge < -0.3 is 0 Å². The van der Waals surface area contributed by atoms with E-state index in [4.69, 9.17) is 0 Å². The maximum atomic E-state index is 10.8. The summed E-state index contributed by atoms with van der Waals surface area (Å²) in [6.07, 6.45) is 0. The Kier molecular flexibility index (Phi) is 2.56. The second kappa shape index (κ2) is 3.58. The zero-order valence-electron chi connectivity index (χ0n) is 6.83. The highest BCUT2D eigenvalue weighted by Gasteiger charge is 2.24. The maximum Gasteiger partial charge on any atom is 0.276 e. The van der Waals surface area contributed by atoms with Gasteiger partial charge in [0.2, 0.25) is 0 Å². The second-order valence-corrected chi connectivity index (χ2v) is 4.75. The monoisotopic (exact) mass is 366 g/mol. The van der Waals surface area contributed by atoms with Crippen molar-refractivity contribution >= 4 is 47.9 Å². The van der Waals surface area contributed by atoms with E-state index in [1.165, 1.54) is 6.07 Å². The van der Waals surface area contributed by atoms with Gasteiger partial charge in [-0.05, 0) is 28.7 Å². The summed E-state index contributed by atoms with van der Waals surface area (Å²) in [4.78, 5) is 14.6. The standard InChI is InChI=1S/C8H4BrIN2O2/c9-4-1-5-6(3-11-8(5)10)7(2-4)12(13)14/h1-2H,3H2. The molecular weight excluding hydrogens is 363 g/mol. The zero-order chi connectivity index (χ0) is 10.3. The fourth-order valence-electron chi connectivity index (χ4n) is 1.37. The average molecular weight is 367 g/mol. The van der Waals surface area contributed by atoms with E-state index < -0.39 is 0 Å². The highest BCUT2D eigenvalue weighted by molar-refractivity contribution is 14.1. The van der Waals surface area contributed by atoms with Gasteiger partial charge in [0.1, 0.15) is 3.72 Å². The number of aliphatic imine (C=N–C) groups is 1. The van der Waals surface area contributed by atoms with E-state index in [0.29, 0.717) is 16.6 Å². The zero-order valence-corrected chi connectivity index (χ0v) is 10.6. The van der Waals surface area contributed by atoms with Gasteiger partial charge in [-0.15, -0.1) is 0 Å². The van der Waals surface area contributed by atoms with Crippen LogP contribution in [-0.4, -0.2) is 8.64 Å². The van der Waals surface area contributed by atoms with Crippen molar-refractivity contribution in [2.45, 2.75) is 6.54 Å². The lowest BCUT2D eigenvalue weighted by Crippen LogP contribution is -1.97. The predicted octanol–water partition coefficient (Wildman–Crippen LogP) is 3.05. The fourth-order valence-corrected chi connectivity index (χ4v) is 2.47. The van der Waals surface area contributed by atoms with Gasteiger partial charge in [-0.3, -0.25) is 15.1 Å². The molecule has 0 spiro atoms. The Labute approximate surface area is 102 Å². The van der Waals surface area contributed by atoms with Crippen molar-refractivity contribution in [3.8, 4) is 0 Å². The third-order valence-corrected chi connectivity index (χ3v) is 3.37. The molecule has 4 nitrogen and oxygen atoms in total. The molecule has 1 aliphatic heterocycles. The summed E-state index contributed by atoms with van der Waals surface area (Å²) in [5, 5.41) is 10.8. The van der Waals surface area contributed by atoms with E-state index in [2.05, 4.69) is 43.5 Å². The number of nitro benzene ring substituents is 1. The maximum absolute atomic E-state index is 10.8. The lowest BCUT2D eigenvalue weighted by atomic mass is 10.1. The van der Waals surface area contributed by atoms with Crippen LogP contribution in [0.2, 0.25) is 0 Å². The predicted molar refractivity (Wildman–Crippen MR) is 65.1 cm³/mol. The summed E-state index contributed by atoms with van der Waals surface area (Å²) < 4.78 is 1.55. The van der Waals surface area contributed by atoms with E-state index >= 15 is 0 Å². The number of nitrogens with zero attached hydrogens (tertiary/aromatic N) is 2.